The molecule has 0 spiro atoms. The molecule has 0 aliphatic carbocycles. The van der Waals surface area contributed by atoms with Gasteiger partial charge in [-0.15, -0.1) is 0 Å². The number of hydrogen-bond acceptors (Lipinski definition) is 2. The van der Waals surface area contributed by atoms with Crippen LogP contribution >= 0.6 is 0 Å². The van der Waals surface area contributed by atoms with Crippen molar-refractivity contribution >= 4 is 5.69 Å². The van der Waals surface area contributed by atoms with E-state index >= 15 is 0 Å². The SMILES string of the molecule is CCCCn1c(C#N)cc(N)c1CC. The van der Waals surface area contributed by atoms with Crippen molar-refractivity contribution in [1.82, 2.24) is 4.57 Å². The summed E-state index contributed by atoms with van der Waals surface area (Å²) in [6.45, 7) is 5.11. The van der Waals surface area contributed by atoms with Gasteiger partial charge in [-0.05, 0) is 18.9 Å². The van der Waals surface area contributed by atoms with Gasteiger partial charge < -0.3 is 10.3 Å². The lowest BCUT2D eigenvalue weighted by atomic mass is 10.3. The molecule has 1 aromatic heterocycles. The Morgan fingerprint density at radius 1 is 1.50 bits per heavy atom. The van der Waals surface area contributed by atoms with Gasteiger partial charge in [-0.1, -0.05) is 20.3 Å². The molecule has 0 radical (unpaired) electrons. The van der Waals surface area contributed by atoms with E-state index in [0.717, 1.165) is 37.2 Å². The summed E-state index contributed by atoms with van der Waals surface area (Å²) in [6, 6.07) is 3.96. The van der Waals surface area contributed by atoms with Gasteiger partial charge in [0.15, 0.2) is 0 Å². The molecule has 0 atom stereocenters. The third-order valence-corrected chi connectivity index (χ3v) is 2.43. The van der Waals surface area contributed by atoms with Crippen molar-refractivity contribution in [3.05, 3.63) is 17.5 Å². The Morgan fingerprint density at radius 2 is 2.21 bits per heavy atom. The minimum Gasteiger partial charge on any atom is -0.397 e. The average molecular weight is 191 g/mol. The van der Waals surface area contributed by atoms with Crippen molar-refractivity contribution in [1.29, 1.82) is 5.26 Å². The second-order valence-electron chi connectivity index (χ2n) is 3.40. The number of nitriles is 1. The molecule has 3 heteroatoms. The van der Waals surface area contributed by atoms with E-state index in [1.54, 1.807) is 6.07 Å². The van der Waals surface area contributed by atoms with Gasteiger partial charge in [0, 0.05) is 12.2 Å². The van der Waals surface area contributed by atoms with E-state index in [9.17, 15) is 0 Å². The molecule has 0 aliphatic rings. The zero-order valence-corrected chi connectivity index (χ0v) is 8.88. The van der Waals surface area contributed by atoms with Crippen LogP contribution in [0.3, 0.4) is 0 Å². The van der Waals surface area contributed by atoms with Crippen molar-refractivity contribution in [2.24, 2.45) is 0 Å². The summed E-state index contributed by atoms with van der Waals surface area (Å²) in [7, 11) is 0. The molecule has 0 fully saturated rings. The predicted octanol–water partition coefficient (Wildman–Crippen LogP) is 2.30. The maximum Gasteiger partial charge on any atom is 0.122 e. The molecular weight excluding hydrogens is 174 g/mol. The molecule has 0 unspecified atom stereocenters. The number of rotatable bonds is 4. The van der Waals surface area contributed by atoms with Crippen molar-refractivity contribution in [2.75, 3.05) is 5.73 Å². The highest BCUT2D eigenvalue weighted by Gasteiger charge is 2.10. The standard InChI is InChI=1S/C11H17N3/c1-3-5-6-14-9(8-12)7-10(13)11(14)4-2/h7H,3-6,13H2,1-2H3. The largest absolute Gasteiger partial charge is 0.397 e. The minimum absolute atomic E-state index is 0.688. The highest BCUT2D eigenvalue weighted by molar-refractivity contribution is 5.50. The molecule has 1 aromatic rings. The molecule has 0 amide bonds. The lowest BCUT2D eigenvalue weighted by molar-refractivity contribution is 0.609. The average Bonchev–Trinajstić information content (AvgIpc) is 2.50. The van der Waals surface area contributed by atoms with E-state index in [1.807, 2.05) is 4.57 Å². The summed E-state index contributed by atoms with van der Waals surface area (Å²) in [5.74, 6) is 0. The summed E-state index contributed by atoms with van der Waals surface area (Å²) < 4.78 is 2.04. The van der Waals surface area contributed by atoms with Gasteiger partial charge >= 0.3 is 0 Å². The second-order valence-corrected chi connectivity index (χ2v) is 3.40. The molecule has 14 heavy (non-hydrogen) atoms. The van der Waals surface area contributed by atoms with E-state index in [1.165, 1.54) is 0 Å². The smallest absolute Gasteiger partial charge is 0.122 e. The molecule has 0 aromatic carbocycles. The zero-order chi connectivity index (χ0) is 10.6. The minimum atomic E-state index is 0.688. The molecule has 1 rings (SSSR count). The summed E-state index contributed by atoms with van der Waals surface area (Å²) in [5, 5.41) is 8.92. The van der Waals surface area contributed by atoms with E-state index in [-0.39, 0.29) is 0 Å². The third-order valence-electron chi connectivity index (χ3n) is 2.43. The van der Waals surface area contributed by atoms with Crippen molar-refractivity contribution in [2.45, 2.75) is 39.7 Å². The normalized spacial score (nSPS) is 10.1. The summed E-state index contributed by atoms with van der Waals surface area (Å²) in [5.41, 5.74) is 8.36. The highest BCUT2D eigenvalue weighted by atomic mass is 15.0. The molecule has 76 valence electrons. The fourth-order valence-electron chi connectivity index (χ4n) is 1.67. The second kappa shape index (κ2) is 4.71. The Bertz CT molecular complexity index is 344. The van der Waals surface area contributed by atoms with Gasteiger partial charge in [-0.25, -0.2) is 0 Å². The summed E-state index contributed by atoms with van der Waals surface area (Å²) in [6.07, 6.45) is 3.11. The summed E-state index contributed by atoms with van der Waals surface area (Å²) in [4.78, 5) is 0. The van der Waals surface area contributed by atoms with Crippen molar-refractivity contribution in [3.63, 3.8) is 0 Å². The number of nitrogens with zero attached hydrogens (tertiary/aromatic N) is 2. The van der Waals surface area contributed by atoms with Gasteiger partial charge in [0.05, 0.1) is 5.69 Å². The Morgan fingerprint density at radius 3 is 2.71 bits per heavy atom. The molecule has 0 saturated carbocycles. The maximum absolute atomic E-state index is 8.92. The van der Waals surface area contributed by atoms with Crippen LogP contribution in [0.15, 0.2) is 6.07 Å². The fourth-order valence-corrected chi connectivity index (χ4v) is 1.67. The van der Waals surface area contributed by atoms with E-state index in [0.29, 0.717) is 5.69 Å². The van der Waals surface area contributed by atoms with Crippen LogP contribution < -0.4 is 5.73 Å². The molecule has 1 heterocycles. The number of unbranched alkanes of at least 4 members (excludes halogenated alkanes) is 1. The van der Waals surface area contributed by atoms with E-state index in [2.05, 4.69) is 19.9 Å². The number of nitrogens with two attached hydrogens (primary N) is 1. The van der Waals surface area contributed by atoms with Crippen LogP contribution in [0.2, 0.25) is 0 Å². The van der Waals surface area contributed by atoms with Gasteiger partial charge in [0.25, 0.3) is 0 Å². The lowest BCUT2D eigenvalue weighted by Gasteiger charge is -2.08. The first-order valence-corrected chi connectivity index (χ1v) is 5.12. The Labute approximate surface area is 85.1 Å². The van der Waals surface area contributed by atoms with Crippen LogP contribution in [0.25, 0.3) is 0 Å². The molecule has 3 nitrogen and oxygen atoms in total. The highest BCUT2D eigenvalue weighted by Crippen LogP contribution is 2.19. The van der Waals surface area contributed by atoms with Gasteiger partial charge in [0.2, 0.25) is 0 Å². The maximum atomic E-state index is 8.92. The molecular formula is C11H17N3. The first kappa shape index (κ1) is 10.6. The predicted molar refractivity (Wildman–Crippen MR) is 57.8 cm³/mol. The molecule has 0 saturated heterocycles. The van der Waals surface area contributed by atoms with Crippen LogP contribution in [0, 0.1) is 11.3 Å². The third kappa shape index (κ3) is 1.90. The molecule has 0 bridgehead atoms. The zero-order valence-electron chi connectivity index (χ0n) is 8.88. The Hall–Kier alpha value is -1.43. The van der Waals surface area contributed by atoms with Crippen molar-refractivity contribution < 1.29 is 0 Å². The Balaban J connectivity index is 3.03. The first-order valence-electron chi connectivity index (χ1n) is 5.12. The molecule has 2 N–H and O–H groups in total. The van der Waals surface area contributed by atoms with Gasteiger partial charge in [-0.3, -0.25) is 0 Å². The molecule has 0 aliphatic heterocycles. The van der Waals surface area contributed by atoms with Crippen LogP contribution in [0.4, 0.5) is 5.69 Å². The van der Waals surface area contributed by atoms with Gasteiger partial charge in [0.1, 0.15) is 11.8 Å². The van der Waals surface area contributed by atoms with Crippen LogP contribution in [0.5, 0.6) is 0 Å². The van der Waals surface area contributed by atoms with Crippen LogP contribution in [-0.2, 0) is 13.0 Å². The number of hydrogen-bond donors (Lipinski definition) is 1. The number of anilines is 1. The van der Waals surface area contributed by atoms with E-state index in [4.69, 9.17) is 11.0 Å². The van der Waals surface area contributed by atoms with E-state index < -0.39 is 0 Å². The van der Waals surface area contributed by atoms with Gasteiger partial charge in [-0.2, -0.15) is 5.26 Å². The lowest BCUT2D eigenvalue weighted by Crippen LogP contribution is -2.05. The fraction of sp³-hybridized carbons (Fsp3) is 0.545. The topological polar surface area (TPSA) is 54.7 Å². The number of nitrogen functional groups attached to an aromatic ring is 1. The number of aromatic nitrogens is 1. The summed E-state index contributed by atoms with van der Waals surface area (Å²) >= 11 is 0. The Kier molecular flexibility index (Phi) is 3.58. The first-order chi connectivity index (χ1) is 6.74. The van der Waals surface area contributed by atoms with Crippen molar-refractivity contribution in [3.8, 4) is 6.07 Å². The van der Waals surface area contributed by atoms with Crippen LogP contribution in [0.1, 0.15) is 38.1 Å². The monoisotopic (exact) mass is 191 g/mol. The van der Waals surface area contributed by atoms with Crippen LogP contribution in [-0.4, -0.2) is 4.57 Å². The quantitative estimate of drug-likeness (QED) is 0.794.